The van der Waals surface area contributed by atoms with Crippen molar-refractivity contribution in [1.82, 2.24) is 19.9 Å². The first-order valence-corrected chi connectivity index (χ1v) is 6.08. The molecule has 2 aromatic heterocycles. The lowest BCUT2D eigenvalue weighted by Gasteiger charge is -1.88. The summed E-state index contributed by atoms with van der Waals surface area (Å²) in [5.41, 5.74) is 0. The molecule has 0 unspecified atom stereocenters. The van der Waals surface area contributed by atoms with E-state index in [0.717, 1.165) is 12.8 Å². The molecule has 0 aliphatic rings. The molecule has 8 nitrogen and oxygen atoms in total. The first-order valence-electron chi connectivity index (χ1n) is 5.29. The molecule has 2 aromatic rings. The van der Waals surface area contributed by atoms with Crippen LogP contribution in [0.4, 0.5) is 5.82 Å². The van der Waals surface area contributed by atoms with Gasteiger partial charge in [-0.25, -0.2) is 0 Å². The zero-order valence-corrected chi connectivity index (χ0v) is 11.1. The third-order valence-electron chi connectivity index (χ3n) is 2.15. The van der Waals surface area contributed by atoms with Gasteiger partial charge in [0.25, 0.3) is 0 Å². The second kappa shape index (κ2) is 5.25. The predicted octanol–water partition coefficient (Wildman–Crippen LogP) is 1.94. The highest BCUT2D eigenvalue weighted by atomic mass is 79.9. The normalized spacial score (nSPS) is 10.8. The topological polar surface area (TPSA) is 99.9 Å². The van der Waals surface area contributed by atoms with Crippen LogP contribution in [-0.4, -0.2) is 24.8 Å². The summed E-state index contributed by atoms with van der Waals surface area (Å²) in [6.45, 7) is 2.25. The van der Waals surface area contributed by atoms with Crippen molar-refractivity contribution < 1.29 is 9.45 Å². The monoisotopic (exact) mass is 315 g/mol. The van der Waals surface area contributed by atoms with Crippen molar-refractivity contribution >= 4 is 21.7 Å². The van der Waals surface area contributed by atoms with Gasteiger partial charge in [-0.1, -0.05) is 12.1 Å². The molecule has 0 N–H and O–H groups in total. The maximum Gasteiger partial charge on any atom is 0.404 e. The van der Waals surface area contributed by atoms with Crippen LogP contribution in [0.15, 0.2) is 15.2 Å². The van der Waals surface area contributed by atoms with Crippen LogP contribution in [0.3, 0.4) is 0 Å². The second-order valence-electron chi connectivity index (χ2n) is 3.61. The Morgan fingerprint density at radius 1 is 1.61 bits per heavy atom. The third kappa shape index (κ3) is 2.73. The lowest BCUT2D eigenvalue weighted by atomic mass is 10.3. The van der Waals surface area contributed by atoms with Gasteiger partial charge in [0.1, 0.15) is 11.0 Å². The van der Waals surface area contributed by atoms with Crippen LogP contribution < -0.4 is 0 Å². The predicted molar refractivity (Wildman–Crippen MR) is 64.0 cm³/mol. The molecule has 0 aliphatic carbocycles. The molecule has 0 aliphatic heterocycles. The third-order valence-corrected chi connectivity index (χ3v) is 2.71. The number of hydrogen-bond donors (Lipinski definition) is 0. The van der Waals surface area contributed by atoms with E-state index in [1.54, 1.807) is 0 Å². The van der Waals surface area contributed by atoms with Gasteiger partial charge in [-0.2, -0.15) is 9.67 Å². The van der Waals surface area contributed by atoms with E-state index in [1.165, 1.54) is 10.9 Å². The van der Waals surface area contributed by atoms with E-state index in [9.17, 15) is 10.1 Å². The first kappa shape index (κ1) is 12.7. The molecule has 0 radical (unpaired) electrons. The molecule has 2 heterocycles. The summed E-state index contributed by atoms with van der Waals surface area (Å²) in [7, 11) is 0. The molecule has 0 bridgehead atoms. The Morgan fingerprint density at radius 2 is 2.39 bits per heavy atom. The number of halogens is 1. The van der Waals surface area contributed by atoms with Gasteiger partial charge >= 0.3 is 5.82 Å². The lowest BCUT2D eigenvalue weighted by Crippen LogP contribution is -2.03. The van der Waals surface area contributed by atoms with Crippen LogP contribution in [0.2, 0.25) is 0 Å². The average molecular weight is 316 g/mol. The maximum absolute atomic E-state index is 10.6. The van der Waals surface area contributed by atoms with Crippen LogP contribution in [0, 0.1) is 10.1 Å². The summed E-state index contributed by atoms with van der Waals surface area (Å²) in [5.74, 6) is 0.781. The summed E-state index contributed by atoms with van der Waals surface area (Å²) >= 11 is 3.07. The minimum absolute atomic E-state index is 0.229. The van der Waals surface area contributed by atoms with Gasteiger partial charge in [-0.05, 0) is 27.3 Å². The van der Waals surface area contributed by atoms with Gasteiger partial charge < -0.3 is 14.6 Å². The first-order chi connectivity index (χ1) is 8.60. The Bertz CT molecular complexity index is 564. The molecule has 9 heteroatoms. The maximum atomic E-state index is 10.6. The van der Waals surface area contributed by atoms with Crippen molar-refractivity contribution in [3.8, 4) is 0 Å². The standard InChI is InChI=1S/C9H10BrN5O3/c1-2-3-8-11-7(13-18-8)5-14-4-6(10)9(12-14)15(16)17/h4H,2-3,5H2,1H3. The fourth-order valence-corrected chi connectivity index (χ4v) is 1.87. The van der Waals surface area contributed by atoms with Gasteiger partial charge in [0, 0.05) is 6.42 Å². The quantitative estimate of drug-likeness (QED) is 0.617. The van der Waals surface area contributed by atoms with Crippen LogP contribution >= 0.6 is 15.9 Å². The Labute approximate surface area is 110 Å². The SMILES string of the molecule is CCCc1nc(Cn2cc(Br)c([N+](=O)[O-])n2)no1. The molecule has 0 atom stereocenters. The van der Waals surface area contributed by atoms with Crippen LogP contribution in [0.1, 0.15) is 25.1 Å². The highest BCUT2D eigenvalue weighted by Crippen LogP contribution is 2.22. The van der Waals surface area contributed by atoms with Crippen molar-refractivity contribution in [1.29, 1.82) is 0 Å². The minimum Gasteiger partial charge on any atom is -0.358 e. The van der Waals surface area contributed by atoms with E-state index in [4.69, 9.17) is 4.52 Å². The van der Waals surface area contributed by atoms with Gasteiger partial charge in [0.15, 0.2) is 5.82 Å². The van der Waals surface area contributed by atoms with Crippen molar-refractivity contribution in [2.75, 3.05) is 0 Å². The van der Waals surface area contributed by atoms with Crippen molar-refractivity contribution in [2.24, 2.45) is 0 Å². The van der Waals surface area contributed by atoms with E-state index in [-0.39, 0.29) is 12.4 Å². The van der Waals surface area contributed by atoms with E-state index in [1.807, 2.05) is 6.92 Å². The minimum atomic E-state index is -0.556. The summed E-state index contributed by atoms with van der Waals surface area (Å²) < 4.78 is 6.73. The Balaban J connectivity index is 2.13. The number of aromatic nitrogens is 4. The Morgan fingerprint density at radius 3 is 3.00 bits per heavy atom. The van der Waals surface area contributed by atoms with E-state index in [2.05, 4.69) is 31.2 Å². The van der Waals surface area contributed by atoms with Gasteiger partial charge in [-0.15, -0.1) is 0 Å². The van der Waals surface area contributed by atoms with Crippen LogP contribution in [-0.2, 0) is 13.0 Å². The highest BCUT2D eigenvalue weighted by Gasteiger charge is 2.19. The Hall–Kier alpha value is -1.77. The van der Waals surface area contributed by atoms with Gasteiger partial charge in [0.2, 0.25) is 5.89 Å². The summed E-state index contributed by atoms with van der Waals surface area (Å²) in [4.78, 5) is 14.2. The highest BCUT2D eigenvalue weighted by molar-refractivity contribution is 9.10. The zero-order chi connectivity index (χ0) is 13.1. The lowest BCUT2D eigenvalue weighted by molar-refractivity contribution is -0.390. The van der Waals surface area contributed by atoms with Crippen molar-refractivity contribution in [3.05, 3.63) is 32.5 Å². The zero-order valence-electron chi connectivity index (χ0n) is 9.54. The van der Waals surface area contributed by atoms with Gasteiger partial charge in [0.05, 0.1) is 11.3 Å². The molecule has 96 valence electrons. The van der Waals surface area contributed by atoms with Gasteiger partial charge in [-0.3, -0.25) is 0 Å². The molecule has 0 aromatic carbocycles. The molecule has 18 heavy (non-hydrogen) atoms. The molecule has 2 rings (SSSR count). The van der Waals surface area contributed by atoms with E-state index >= 15 is 0 Å². The smallest absolute Gasteiger partial charge is 0.358 e. The average Bonchev–Trinajstić information content (AvgIpc) is 2.87. The number of rotatable bonds is 5. The van der Waals surface area contributed by atoms with E-state index in [0.29, 0.717) is 16.2 Å². The Kier molecular flexibility index (Phi) is 3.70. The number of nitro groups is 1. The fourth-order valence-electron chi connectivity index (χ4n) is 1.41. The molecule has 0 fully saturated rings. The molecular formula is C9H10BrN5O3. The molecule has 0 saturated carbocycles. The summed E-state index contributed by atoms with van der Waals surface area (Å²) in [6.07, 6.45) is 3.14. The van der Waals surface area contributed by atoms with Crippen LogP contribution in [0.5, 0.6) is 0 Å². The number of aryl methyl sites for hydroxylation is 1. The van der Waals surface area contributed by atoms with E-state index < -0.39 is 4.92 Å². The largest absolute Gasteiger partial charge is 0.404 e. The number of nitrogens with zero attached hydrogens (tertiary/aromatic N) is 5. The molecule has 0 spiro atoms. The van der Waals surface area contributed by atoms with Crippen molar-refractivity contribution in [2.45, 2.75) is 26.3 Å². The molecular weight excluding hydrogens is 306 g/mol. The van der Waals surface area contributed by atoms with Crippen LogP contribution in [0.25, 0.3) is 0 Å². The number of hydrogen-bond acceptors (Lipinski definition) is 6. The second-order valence-corrected chi connectivity index (χ2v) is 4.46. The fraction of sp³-hybridized carbons (Fsp3) is 0.444. The molecule has 0 amide bonds. The molecule has 0 saturated heterocycles. The summed E-state index contributed by atoms with van der Waals surface area (Å²) in [5, 5.41) is 18.2. The van der Waals surface area contributed by atoms with Crippen molar-refractivity contribution in [3.63, 3.8) is 0 Å². The summed E-state index contributed by atoms with van der Waals surface area (Å²) in [6, 6.07) is 0.